The molecule has 1 aromatic carbocycles. The Morgan fingerprint density at radius 2 is 1.50 bits per heavy atom. The summed E-state index contributed by atoms with van der Waals surface area (Å²) in [6.45, 7) is 6.00. The molecule has 30 heavy (non-hydrogen) atoms. The Morgan fingerprint density at radius 3 is 2.23 bits per heavy atom. The molecule has 0 spiro atoms. The highest BCUT2D eigenvalue weighted by molar-refractivity contribution is 6.35. The van der Waals surface area contributed by atoms with Gasteiger partial charge in [0.1, 0.15) is 23.5 Å². The first-order valence-corrected chi connectivity index (χ1v) is 10.5. The molecule has 2 aliphatic rings. The quantitative estimate of drug-likeness (QED) is 0.635. The van der Waals surface area contributed by atoms with Gasteiger partial charge in [-0.2, -0.15) is 0 Å². The third-order valence-corrected chi connectivity index (χ3v) is 6.02. The Morgan fingerprint density at radius 1 is 0.833 bits per heavy atom. The molecule has 2 fully saturated rings. The molecule has 156 valence electrons. The number of anilines is 3. The first-order chi connectivity index (χ1) is 14.7. The van der Waals surface area contributed by atoms with E-state index in [1.165, 1.54) is 6.20 Å². The van der Waals surface area contributed by atoms with Crippen molar-refractivity contribution in [2.24, 2.45) is 0 Å². The highest BCUT2D eigenvalue weighted by Crippen LogP contribution is 2.31. The van der Waals surface area contributed by atoms with Crippen molar-refractivity contribution in [2.75, 3.05) is 67.2 Å². The second-order valence-corrected chi connectivity index (χ2v) is 7.80. The molecule has 3 aromatic rings. The van der Waals surface area contributed by atoms with Gasteiger partial charge in [0.05, 0.1) is 23.9 Å². The molecule has 0 bridgehead atoms. The van der Waals surface area contributed by atoms with Gasteiger partial charge in [-0.15, -0.1) is 0 Å². The molecule has 9 heteroatoms. The van der Waals surface area contributed by atoms with Crippen LogP contribution in [0.5, 0.6) is 0 Å². The van der Waals surface area contributed by atoms with E-state index in [1.807, 2.05) is 12.1 Å². The van der Waals surface area contributed by atoms with Crippen molar-refractivity contribution in [2.45, 2.75) is 0 Å². The maximum Gasteiger partial charge on any atom is 0.172 e. The second kappa shape index (κ2) is 8.20. The summed E-state index contributed by atoms with van der Waals surface area (Å²) in [6.07, 6.45) is 3.15. The average Bonchev–Trinajstić information content (AvgIpc) is 2.81. The number of hydrogen-bond acceptors (Lipinski definition) is 7. The monoisotopic (exact) mass is 428 g/mol. The van der Waals surface area contributed by atoms with Gasteiger partial charge in [-0.25, -0.2) is 14.4 Å². The van der Waals surface area contributed by atoms with Crippen LogP contribution in [0.3, 0.4) is 0 Å². The lowest BCUT2D eigenvalue weighted by Gasteiger charge is -2.37. The molecular weight excluding hydrogens is 407 g/mol. The molecule has 0 aliphatic carbocycles. The fourth-order valence-corrected chi connectivity index (χ4v) is 4.24. The summed E-state index contributed by atoms with van der Waals surface area (Å²) in [5.41, 5.74) is 0.877. The van der Waals surface area contributed by atoms with Gasteiger partial charge in [-0.05, 0) is 18.2 Å². The molecule has 2 aromatic heterocycles. The molecular formula is C21H22ClFN6O. The van der Waals surface area contributed by atoms with Gasteiger partial charge < -0.3 is 19.4 Å². The third-order valence-electron chi connectivity index (χ3n) is 5.70. The van der Waals surface area contributed by atoms with Crippen LogP contribution in [0.4, 0.5) is 21.7 Å². The minimum atomic E-state index is -0.319. The van der Waals surface area contributed by atoms with Gasteiger partial charge in [0, 0.05) is 56.9 Å². The van der Waals surface area contributed by atoms with E-state index in [-0.39, 0.29) is 5.82 Å². The van der Waals surface area contributed by atoms with Crippen LogP contribution in [-0.2, 0) is 4.74 Å². The Bertz CT molecular complexity index is 1050. The van der Waals surface area contributed by atoms with Crippen molar-refractivity contribution < 1.29 is 9.13 Å². The van der Waals surface area contributed by atoms with Crippen LogP contribution >= 0.6 is 11.6 Å². The summed E-state index contributed by atoms with van der Waals surface area (Å²) in [4.78, 5) is 19.6. The summed E-state index contributed by atoms with van der Waals surface area (Å²) in [7, 11) is 0. The van der Waals surface area contributed by atoms with E-state index in [9.17, 15) is 0 Å². The molecule has 0 atom stereocenters. The third kappa shape index (κ3) is 3.61. The minimum Gasteiger partial charge on any atom is -0.378 e. The zero-order valence-electron chi connectivity index (χ0n) is 16.5. The number of benzene rings is 1. The van der Waals surface area contributed by atoms with E-state index in [0.717, 1.165) is 51.0 Å². The molecule has 4 heterocycles. The van der Waals surface area contributed by atoms with Gasteiger partial charge in [-0.3, -0.25) is 4.98 Å². The van der Waals surface area contributed by atoms with Crippen LogP contribution in [0.2, 0.25) is 5.02 Å². The second-order valence-electron chi connectivity index (χ2n) is 7.40. The fourth-order valence-electron chi connectivity index (χ4n) is 4.04. The molecule has 7 nitrogen and oxygen atoms in total. The predicted octanol–water partition coefficient (Wildman–Crippen LogP) is 2.98. The molecule has 2 aliphatic heterocycles. The molecule has 0 radical (unpaired) electrons. The van der Waals surface area contributed by atoms with Crippen LogP contribution in [0.1, 0.15) is 0 Å². The predicted molar refractivity (Wildman–Crippen MR) is 116 cm³/mol. The van der Waals surface area contributed by atoms with Gasteiger partial charge in [-0.1, -0.05) is 11.6 Å². The lowest BCUT2D eigenvalue weighted by atomic mass is 10.1. The first-order valence-electron chi connectivity index (χ1n) is 10.1. The number of aromatic nitrogens is 3. The summed E-state index contributed by atoms with van der Waals surface area (Å²) in [5, 5.41) is 1.14. The summed E-state index contributed by atoms with van der Waals surface area (Å²) < 4.78 is 20.5. The number of fused-ring (bicyclic) bond motifs is 1. The fraction of sp³-hybridized carbons (Fsp3) is 0.381. The van der Waals surface area contributed by atoms with Gasteiger partial charge >= 0.3 is 0 Å². The van der Waals surface area contributed by atoms with Crippen LogP contribution < -0.4 is 14.7 Å². The van der Waals surface area contributed by atoms with Crippen LogP contribution in [0, 0.1) is 5.82 Å². The number of pyridine rings is 1. The van der Waals surface area contributed by atoms with E-state index in [0.29, 0.717) is 34.7 Å². The van der Waals surface area contributed by atoms with Crippen molar-refractivity contribution in [1.29, 1.82) is 0 Å². The van der Waals surface area contributed by atoms with E-state index in [1.54, 1.807) is 18.5 Å². The van der Waals surface area contributed by atoms with E-state index < -0.39 is 0 Å². The van der Waals surface area contributed by atoms with Gasteiger partial charge in [0.25, 0.3) is 0 Å². The summed E-state index contributed by atoms with van der Waals surface area (Å²) >= 11 is 6.17. The standard InChI is InChI=1S/C21H22ClFN6O/c22-16-3-4-24-21-15(16)1-2-17(20(21)23)27-5-7-28(8-6-27)18-13-19(26-14-25-18)29-9-11-30-12-10-29/h1-4,13-14H,5-12H2. The maximum absolute atomic E-state index is 15.1. The van der Waals surface area contributed by atoms with Crippen molar-refractivity contribution in [3.05, 3.63) is 47.6 Å². The molecule has 0 N–H and O–H groups in total. The highest BCUT2D eigenvalue weighted by atomic mass is 35.5. The lowest BCUT2D eigenvalue weighted by molar-refractivity contribution is 0.122. The zero-order valence-corrected chi connectivity index (χ0v) is 17.2. The number of hydrogen-bond donors (Lipinski definition) is 0. The number of piperazine rings is 1. The van der Waals surface area contributed by atoms with E-state index >= 15 is 4.39 Å². The van der Waals surface area contributed by atoms with Crippen molar-refractivity contribution >= 4 is 39.8 Å². The Balaban J connectivity index is 1.31. The molecule has 0 unspecified atom stereocenters. The lowest BCUT2D eigenvalue weighted by Crippen LogP contribution is -2.47. The summed E-state index contributed by atoms with van der Waals surface area (Å²) in [5.74, 6) is 1.51. The Labute approximate surface area is 179 Å². The SMILES string of the molecule is Fc1c(N2CCN(c3cc(N4CCOCC4)ncn3)CC2)ccc2c(Cl)ccnc12. The number of rotatable bonds is 3. The maximum atomic E-state index is 15.1. The van der Waals surface area contributed by atoms with Crippen LogP contribution in [0.15, 0.2) is 36.8 Å². The molecule has 0 amide bonds. The van der Waals surface area contributed by atoms with Crippen LogP contribution in [0.25, 0.3) is 10.9 Å². The highest BCUT2D eigenvalue weighted by Gasteiger charge is 2.23. The van der Waals surface area contributed by atoms with Crippen molar-refractivity contribution in [3.8, 4) is 0 Å². The smallest absolute Gasteiger partial charge is 0.172 e. The Kier molecular flexibility index (Phi) is 5.26. The average molecular weight is 429 g/mol. The number of nitrogens with zero attached hydrogens (tertiary/aromatic N) is 6. The van der Waals surface area contributed by atoms with E-state index in [2.05, 4.69) is 29.7 Å². The number of halogens is 2. The normalized spacial score (nSPS) is 17.6. The van der Waals surface area contributed by atoms with Gasteiger partial charge in [0.2, 0.25) is 0 Å². The first kappa shape index (κ1) is 19.3. The molecule has 5 rings (SSSR count). The van der Waals surface area contributed by atoms with Gasteiger partial charge in [0.15, 0.2) is 5.82 Å². The largest absolute Gasteiger partial charge is 0.378 e. The topological polar surface area (TPSA) is 57.6 Å². The number of morpholine rings is 1. The van der Waals surface area contributed by atoms with Crippen molar-refractivity contribution in [1.82, 2.24) is 15.0 Å². The van der Waals surface area contributed by atoms with E-state index in [4.69, 9.17) is 16.3 Å². The summed E-state index contributed by atoms with van der Waals surface area (Å²) in [6, 6.07) is 7.34. The van der Waals surface area contributed by atoms with Crippen molar-refractivity contribution in [3.63, 3.8) is 0 Å². The number of ether oxygens (including phenoxy) is 1. The zero-order chi connectivity index (χ0) is 20.5. The van der Waals surface area contributed by atoms with Crippen LogP contribution in [-0.4, -0.2) is 67.4 Å². The minimum absolute atomic E-state index is 0.313. The molecule has 2 saturated heterocycles. The molecule has 0 saturated carbocycles. The Hall–Kier alpha value is -2.71.